The van der Waals surface area contributed by atoms with Gasteiger partial charge in [0.2, 0.25) is 11.8 Å². The van der Waals surface area contributed by atoms with E-state index in [4.69, 9.17) is 16.3 Å². The Morgan fingerprint density at radius 3 is 2.88 bits per heavy atom. The second-order valence-electron chi connectivity index (χ2n) is 8.70. The standard InChI is InChI=1S/C25H22ClN3O3/c26-16-5-7-17(8-6-16)29-14-25-11-9-20(32-25)21(22(25)24(29)31)23(30)27-12-10-15-13-28-19-4-2-1-3-18(15)19/h1-9,11,13,20-22,28H,10,12,14H2,(H,27,30)/t20-,21-,22+,25-/m1/s1. The van der Waals surface area contributed by atoms with Crippen molar-refractivity contribution in [2.45, 2.75) is 18.1 Å². The van der Waals surface area contributed by atoms with Crippen molar-refractivity contribution < 1.29 is 14.3 Å². The molecule has 32 heavy (non-hydrogen) atoms. The Balaban J connectivity index is 1.18. The van der Waals surface area contributed by atoms with Gasteiger partial charge in [-0.25, -0.2) is 0 Å². The summed E-state index contributed by atoms with van der Waals surface area (Å²) in [5, 5.41) is 4.83. The first-order valence-corrected chi connectivity index (χ1v) is 11.2. The highest BCUT2D eigenvalue weighted by molar-refractivity contribution is 6.30. The van der Waals surface area contributed by atoms with Crippen LogP contribution in [0.15, 0.2) is 66.9 Å². The molecule has 2 N–H and O–H groups in total. The third-order valence-corrected chi connectivity index (χ3v) is 7.16. The molecule has 1 spiro atoms. The van der Waals surface area contributed by atoms with Crippen molar-refractivity contribution >= 4 is 40.0 Å². The van der Waals surface area contributed by atoms with Crippen LogP contribution in [0.4, 0.5) is 5.69 Å². The molecule has 0 radical (unpaired) electrons. The number of ether oxygens (including phenoxy) is 1. The van der Waals surface area contributed by atoms with Gasteiger partial charge in [-0.3, -0.25) is 9.59 Å². The van der Waals surface area contributed by atoms with Gasteiger partial charge < -0.3 is 19.9 Å². The van der Waals surface area contributed by atoms with Crippen molar-refractivity contribution in [2.24, 2.45) is 11.8 Å². The smallest absolute Gasteiger partial charge is 0.234 e. The number of carbonyl (C=O) groups excluding carboxylic acids is 2. The van der Waals surface area contributed by atoms with Crippen molar-refractivity contribution in [2.75, 3.05) is 18.0 Å². The van der Waals surface area contributed by atoms with Crippen molar-refractivity contribution in [3.05, 3.63) is 77.5 Å². The minimum absolute atomic E-state index is 0.0732. The van der Waals surface area contributed by atoms with Crippen LogP contribution in [0.2, 0.25) is 5.02 Å². The van der Waals surface area contributed by atoms with E-state index >= 15 is 0 Å². The van der Waals surface area contributed by atoms with Gasteiger partial charge in [0.15, 0.2) is 0 Å². The zero-order chi connectivity index (χ0) is 21.9. The van der Waals surface area contributed by atoms with Crippen LogP contribution in [-0.4, -0.2) is 41.6 Å². The number of amides is 2. The van der Waals surface area contributed by atoms with Crippen LogP contribution in [0.3, 0.4) is 0 Å². The molecular weight excluding hydrogens is 426 g/mol. The van der Waals surface area contributed by atoms with E-state index in [0.717, 1.165) is 22.2 Å². The molecule has 0 aliphatic carbocycles. The molecule has 2 amide bonds. The number of H-pyrrole nitrogens is 1. The number of hydrogen-bond acceptors (Lipinski definition) is 3. The molecule has 162 valence electrons. The summed E-state index contributed by atoms with van der Waals surface area (Å²) in [7, 11) is 0. The number of anilines is 1. The number of aromatic amines is 1. The first kappa shape index (κ1) is 19.6. The Kier molecular flexibility index (Phi) is 4.42. The molecule has 1 aromatic heterocycles. The summed E-state index contributed by atoms with van der Waals surface area (Å²) < 4.78 is 6.21. The van der Waals surface area contributed by atoms with Crippen LogP contribution < -0.4 is 10.2 Å². The van der Waals surface area contributed by atoms with E-state index in [0.29, 0.717) is 24.5 Å². The first-order valence-electron chi connectivity index (χ1n) is 10.8. The summed E-state index contributed by atoms with van der Waals surface area (Å²) in [4.78, 5) is 31.5. The molecule has 7 heteroatoms. The van der Waals surface area contributed by atoms with Crippen molar-refractivity contribution in [3.8, 4) is 0 Å². The summed E-state index contributed by atoms with van der Waals surface area (Å²) in [6.45, 7) is 0.909. The molecular formula is C25H22ClN3O3. The topological polar surface area (TPSA) is 74.4 Å². The number of nitrogens with one attached hydrogen (secondary N) is 2. The molecule has 4 heterocycles. The Hall–Kier alpha value is -3.09. The van der Waals surface area contributed by atoms with Gasteiger partial charge >= 0.3 is 0 Å². The molecule has 3 aliphatic heterocycles. The number of hydrogen-bond donors (Lipinski definition) is 2. The lowest BCUT2D eigenvalue weighted by atomic mass is 9.77. The lowest BCUT2D eigenvalue weighted by Crippen LogP contribution is -2.44. The number of para-hydroxylation sites is 1. The average Bonchev–Trinajstić information content (AvgIpc) is 3.54. The van der Waals surface area contributed by atoms with Crippen LogP contribution in [0, 0.1) is 11.8 Å². The van der Waals surface area contributed by atoms with Gasteiger partial charge in [0, 0.05) is 34.4 Å². The second-order valence-corrected chi connectivity index (χ2v) is 9.14. The minimum Gasteiger partial charge on any atom is -0.361 e. The van der Waals surface area contributed by atoms with Crippen molar-refractivity contribution in [1.82, 2.24) is 10.3 Å². The van der Waals surface area contributed by atoms with Gasteiger partial charge in [0.1, 0.15) is 5.60 Å². The summed E-state index contributed by atoms with van der Waals surface area (Å²) in [5.41, 5.74) is 2.27. The summed E-state index contributed by atoms with van der Waals surface area (Å²) in [6.07, 6.45) is 6.24. The first-order chi connectivity index (χ1) is 15.6. The lowest BCUT2D eigenvalue weighted by molar-refractivity contribution is -0.131. The number of halogens is 1. The van der Waals surface area contributed by atoms with E-state index in [9.17, 15) is 9.59 Å². The fourth-order valence-electron chi connectivity index (χ4n) is 5.41. The van der Waals surface area contributed by atoms with Crippen molar-refractivity contribution in [3.63, 3.8) is 0 Å². The Labute approximate surface area is 190 Å². The maximum absolute atomic E-state index is 13.4. The van der Waals surface area contributed by atoms with Gasteiger partial charge in [-0.1, -0.05) is 42.0 Å². The normalized spacial score (nSPS) is 28.0. The minimum atomic E-state index is -0.736. The Bertz CT molecular complexity index is 1250. The van der Waals surface area contributed by atoms with E-state index in [1.54, 1.807) is 17.0 Å². The highest BCUT2D eigenvalue weighted by atomic mass is 35.5. The number of nitrogens with zero attached hydrogens (tertiary/aromatic N) is 1. The van der Waals surface area contributed by atoms with E-state index in [1.165, 1.54) is 0 Å². The zero-order valence-corrected chi connectivity index (χ0v) is 18.0. The van der Waals surface area contributed by atoms with E-state index in [1.807, 2.05) is 48.7 Å². The third kappa shape index (κ3) is 2.90. The van der Waals surface area contributed by atoms with E-state index in [-0.39, 0.29) is 17.9 Å². The maximum atomic E-state index is 13.4. The highest BCUT2D eigenvalue weighted by Gasteiger charge is 2.67. The summed E-state index contributed by atoms with van der Waals surface area (Å²) in [5.74, 6) is -1.23. The number of aromatic nitrogens is 1. The molecule has 0 saturated carbocycles. The van der Waals surface area contributed by atoms with E-state index < -0.39 is 17.4 Å². The number of rotatable bonds is 5. The SMILES string of the molecule is O=C(NCCc1c[nH]c2ccccc12)[C@H]1[C@H]2C(=O)N(c3ccc(Cl)cc3)C[C@]23C=C[C@H]1O3. The lowest BCUT2D eigenvalue weighted by Gasteiger charge is -2.23. The molecule has 2 aromatic carbocycles. The molecule has 2 saturated heterocycles. The van der Waals surface area contributed by atoms with Crippen molar-refractivity contribution in [1.29, 1.82) is 0 Å². The van der Waals surface area contributed by atoms with Gasteiger partial charge in [-0.2, -0.15) is 0 Å². The van der Waals surface area contributed by atoms with Crippen LogP contribution in [0.1, 0.15) is 5.56 Å². The van der Waals surface area contributed by atoms with Crippen LogP contribution in [-0.2, 0) is 20.7 Å². The molecule has 0 unspecified atom stereocenters. The zero-order valence-electron chi connectivity index (χ0n) is 17.3. The molecule has 2 bridgehead atoms. The highest BCUT2D eigenvalue weighted by Crippen LogP contribution is 2.52. The molecule has 6 nitrogen and oxygen atoms in total. The number of benzene rings is 2. The predicted molar refractivity (Wildman–Crippen MR) is 123 cm³/mol. The maximum Gasteiger partial charge on any atom is 0.234 e. The Morgan fingerprint density at radius 1 is 1.22 bits per heavy atom. The van der Waals surface area contributed by atoms with Crippen LogP contribution >= 0.6 is 11.6 Å². The fourth-order valence-corrected chi connectivity index (χ4v) is 5.54. The van der Waals surface area contributed by atoms with Gasteiger partial charge in [-0.15, -0.1) is 0 Å². The van der Waals surface area contributed by atoms with E-state index in [2.05, 4.69) is 16.4 Å². The number of carbonyl (C=O) groups is 2. The fraction of sp³-hybridized carbons (Fsp3) is 0.280. The summed E-state index contributed by atoms with van der Waals surface area (Å²) in [6, 6.07) is 15.3. The monoisotopic (exact) mass is 447 g/mol. The largest absolute Gasteiger partial charge is 0.361 e. The molecule has 6 rings (SSSR count). The quantitative estimate of drug-likeness (QED) is 0.588. The van der Waals surface area contributed by atoms with Gasteiger partial charge in [0.05, 0.1) is 24.5 Å². The average molecular weight is 448 g/mol. The molecule has 2 fully saturated rings. The molecule has 3 aliphatic rings. The van der Waals surface area contributed by atoms with Gasteiger partial charge in [-0.05, 0) is 42.3 Å². The molecule has 3 aromatic rings. The van der Waals surface area contributed by atoms with Gasteiger partial charge in [0.25, 0.3) is 0 Å². The van der Waals surface area contributed by atoms with Crippen LogP contribution in [0.5, 0.6) is 0 Å². The molecule has 4 atom stereocenters. The van der Waals surface area contributed by atoms with Crippen LogP contribution in [0.25, 0.3) is 10.9 Å². The second kappa shape index (κ2) is 7.22. The third-order valence-electron chi connectivity index (χ3n) is 6.91. The predicted octanol–water partition coefficient (Wildman–Crippen LogP) is 3.47. The summed E-state index contributed by atoms with van der Waals surface area (Å²) >= 11 is 6.00. The number of fused-ring (bicyclic) bond motifs is 2. The Morgan fingerprint density at radius 2 is 2.03 bits per heavy atom.